The maximum absolute atomic E-state index is 11.7. The van der Waals surface area contributed by atoms with E-state index >= 15 is 0 Å². The predicted octanol–water partition coefficient (Wildman–Crippen LogP) is 2.15. The minimum absolute atomic E-state index is 0.0195. The zero-order valence-corrected chi connectivity index (χ0v) is 11.9. The van der Waals surface area contributed by atoms with Crippen LogP contribution < -0.4 is 4.72 Å². The van der Waals surface area contributed by atoms with E-state index in [2.05, 4.69) is 4.72 Å². The molecule has 1 atom stereocenters. The monoisotopic (exact) mass is 297 g/mol. The molecule has 0 amide bonds. The molecule has 0 saturated heterocycles. The lowest BCUT2D eigenvalue weighted by atomic mass is 10.3. The second-order valence-electron chi connectivity index (χ2n) is 3.73. The van der Waals surface area contributed by atoms with Crippen LogP contribution in [0.3, 0.4) is 0 Å². The molecule has 7 heteroatoms. The maximum Gasteiger partial charge on any atom is 0.212 e. The molecule has 0 aliphatic rings. The van der Waals surface area contributed by atoms with Gasteiger partial charge in [-0.2, -0.15) is 0 Å². The molecular weight excluding hydrogens is 282 g/mol. The summed E-state index contributed by atoms with van der Waals surface area (Å²) in [5.74, 6) is 0.0387. The van der Waals surface area contributed by atoms with Gasteiger partial charge in [0.05, 0.1) is 16.1 Å². The zero-order valence-electron chi connectivity index (χ0n) is 9.52. The highest BCUT2D eigenvalue weighted by Gasteiger charge is 2.16. The number of aliphatic hydroxyl groups is 1. The van der Waals surface area contributed by atoms with Crippen LogP contribution in [-0.2, 0) is 10.0 Å². The van der Waals surface area contributed by atoms with E-state index in [0.717, 1.165) is 4.88 Å². The molecule has 0 aromatic carbocycles. The van der Waals surface area contributed by atoms with Crippen LogP contribution in [0.25, 0.3) is 0 Å². The average Bonchev–Trinajstić information content (AvgIpc) is 2.64. The molecule has 0 aliphatic carbocycles. The number of unbranched alkanes of at least 4 members (excludes halogenated alkanes) is 1. The van der Waals surface area contributed by atoms with Gasteiger partial charge in [0.25, 0.3) is 0 Å². The predicted molar refractivity (Wildman–Crippen MR) is 71.0 cm³/mol. The molecule has 0 fully saturated rings. The van der Waals surface area contributed by atoms with Gasteiger partial charge in [0.1, 0.15) is 0 Å². The number of hydrogen-bond donors (Lipinski definition) is 2. The van der Waals surface area contributed by atoms with Crippen LogP contribution in [0.4, 0.5) is 0 Å². The summed E-state index contributed by atoms with van der Waals surface area (Å²) in [6.07, 6.45) is 0.962. The molecule has 0 spiro atoms. The molecule has 0 saturated carbocycles. The Hall–Kier alpha value is -0.140. The van der Waals surface area contributed by atoms with E-state index < -0.39 is 10.0 Å². The number of nitrogens with one attached hydrogen (secondary N) is 1. The van der Waals surface area contributed by atoms with Crippen molar-refractivity contribution in [3.05, 3.63) is 21.3 Å². The summed E-state index contributed by atoms with van der Waals surface area (Å²) in [6, 6.07) is 3.29. The van der Waals surface area contributed by atoms with Crippen LogP contribution in [-0.4, -0.2) is 25.9 Å². The van der Waals surface area contributed by atoms with Gasteiger partial charge >= 0.3 is 0 Å². The minimum atomic E-state index is -3.29. The lowest BCUT2D eigenvalue weighted by molar-refractivity contribution is 0.287. The van der Waals surface area contributed by atoms with Gasteiger partial charge in [0, 0.05) is 11.5 Å². The van der Waals surface area contributed by atoms with Gasteiger partial charge in [-0.3, -0.25) is 0 Å². The van der Waals surface area contributed by atoms with Crippen molar-refractivity contribution in [2.24, 2.45) is 0 Å². The summed E-state index contributed by atoms with van der Waals surface area (Å²) in [6.45, 7) is 1.80. The lowest BCUT2D eigenvalue weighted by Gasteiger charge is -2.12. The van der Waals surface area contributed by atoms with Gasteiger partial charge in [-0.05, 0) is 31.9 Å². The molecule has 1 unspecified atom stereocenters. The van der Waals surface area contributed by atoms with Crippen molar-refractivity contribution < 1.29 is 13.5 Å². The van der Waals surface area contributed by atoms with Crippen LogP contribution in [0.5, 0.6) is 0 Å². The number of aliphatic hydroxyl groups excluding tert-OH is 1. The van der Waals surface area contributed by atoms with Crippen molar-refractivity contribution in [1.82, 2.24) is 4.72 Å². The fourth-order valence-electron chi connectivity index (χ4n) is 1.35. The quantitative estimate of drug-likeness (QED) is 0.758. The largest absolute Gasteiger partial charge is 0.396 e. The molecule has 1 rings (SSSR count). The van der Waals surface area contributed by atoms with E-state index in [-0.39, 0.29) is 18.4 Å². The summed E-state index contributed by atoms with van der Waals surface area (Å²) < 4.78 is 26.6. The maximum atomic E-state index is 11.7. The second-order valence-corrected chi connectivity index (χ2v) is 7.35. The lowest BCUT2D eigenvalue weighted by Crippen LogP contribution is -2.28. The van der Waals surface area contributed by atoms with E-state index in [1.54, 1.807) is 13.0 Å². The Bertz CT molecular complexity index is 444. The average molecular weight is 298 g/mol. The Balaban J connectivity index is 2.52. The SMILES string of the molecule is CC(NS(=O)(=O)CCCCO)c1ccc(Cl)s1. The van der Waals surface area contributed by atoms with Crippen LogP contribution in [0, 0.1) is 0 Å². The van der Waals surface area contributed by atoms with Crippen LogP contribution in [0.15, 0.2) is 12.1 Å². The van der Waals surface area contributed by atoms with Crippen molar-refractivity contribution in [2.45, 2.75) is 25.8 Å². The van der Waals surface area contributed by atoms with Crippen molar-refractivity contribution >= 4 is 33.0 Å². The van der Waals surface area contributed by atoms with E-state index in [4.69, 9.17) is 16.7 Å². The smallest absolute Gasteiger partial charge is 0.212 e. The van der Waals surface area contributed by atoms with E-state index in [1.807, 2.05) is 6.07 Å². The minimum Gasteiger partial charge on any atom is -0.396 e. The van der Waals surface area contributed by atoms with Gasteiger partial charge in [-0.25, -0.2) is 13.1 Å². The summed E-state index contributed by atoms with van der Waals surface area (Å²) >= 11 is 7.15. The first-order valence-corrected chi connectivity index (χ1v) is 8.15. The molecule has 1 aromatic heterocycles. The molecule has 17 heavy (non-hydrogen) atoms. The fraction of sp³-hybridized carbons (Fsp3) is 0.600. The Morgan fingerprint density at radius 3 is 2.71 bits per heavy atom. The van der Waals surface area contributed by atoms with Gasteiger partial charge < -0.3 is 5.11 Å². The topological polar surface area (TPSA) is 66.4 Å². The highest BCUT2D eigenvalue weighted by Crippen LogP contribution is 2.27. The number of hydrogen-bond acceptors (Lipinski definition) is 4. The standard InChI is InChI=1S/C10H16ClNO3S2/c1-8(9-4-5-10(11)16-9)12-17(14,15)7-3-2-6-13/h4-5,8,12-13H,2-3,6-7H2,1H3. The van der Waals surface area contributed by atoms with Crippen molar-refractivity contribution in [1.29, 1.82) is 0 Å². The zero-order chi connectivity index (χ0) is 12.9. The van der Waals surface area contributed by atoms with Gasteiger partial charge in [-0.15, -0.1) is 11.3 Å². The third kappa shape index (κ3) is 5.35. The van der Waals surface area contributed by atoms with Crippen molar-refractivity contribution in [2.75, 3.05) is 12.4 Å². The van der Waals surface area contributed by atoms with Gasteiger partial charge in [0.15, 0.2) is 0 Å². The van der Waals surface area contributed by atoms with Crippen LogP contribution in [0.2, 0.25) is 4.34 Å². The van der Waals surface area contributed by atoms with E-state index in [9.17, 15) is 8.42 Å². The first-order chi connectivity index (χ1) is 7.94. The molecule has 0 radical (unpaired) electrons. The van der Waals surface area contributed by atoms with Crippen LogP contribution in [0.1, 0.15) is 30.7 Å². The number of thiophene rings is 1. The third-order valence-corrected chi connectivity index (χ3v) is 5.15. The number of rotatable bonds is 7. The summed E-state index contributed by atoms with van der Waals surface area (Å²) in [5, 5.41) is 8.60. The highest BCUT2D eigenvalue weighted by molar-refractivity contribution is 7.89. The Morgan fingerprint density at radius 2 is 2.18 bits per heavy atom. The number of sulfonamides is 1. The summed E-state index contributed by atoms with van der Waals surface area (Å²) in [7, 11) is -3.29. The Labute approximate surface area is 111 Å². The third-order valence-electron chi connectivity index (χ3n) is 2.20. The summed E-state index contributed by atoms with van der Waals surface area (Å²) in [4.78, 5) is 0.890. The van der Waals surface area contributed by atoms with Crippen LogP contribution >= 0.6 is 22.9 Å². The molecule has 1 aromatic rings. The normalized spacial score (nSPS) is 13.8. The molecule has 1 heterocycles. The first kappa shape index (κ1) is 14.9. The Morgan fingerprint density at radius 1 is 1.47 bits per heavy atom. The molecular formula is C10H16ClNO3S2. The molecule has 0 aliphatic heterocycles. The fourth-order valence-corrected chi connectivity index (χ4v) is 3.86. The highest BCUT2D eigenvalue weighted by atomic mass is 35.5. The van der Waals surface area contributed by atoms with Gasteiger partial charge in [-0.1, -0.05) is 11.6 Å². The molecule has 2 N–H and O–H groups in total. The molecule has 4 nitrogen and oxygen atoms in total. The van der Waals surface area contributed by atoms with E-state index in [1.165, 1.54) is 11.3 Å². The van der Waals surface area contributed by atoms with Gasteiger partial charge in [0.2, 0.25) is 10.0 Å². The summed E-state index contributed by atoms with van der Waals surface area (Å²) in [5.41, 5.74) is 0. The van der Waals surface area contributed by atoms with E-state index in [0.29, 0.717) is 17.2 Å². The molecule has 0 bridgehead atoms. The Kier molecular flexibility index (Phi) is 5.88. The van der Waals surface area contributed by atoms with Crippen molar-refractivity contribution in [3.63, 3.8) is 0 Å². The van der Waals surface area contributed by atoms with Crippen molar-refractivity contribution in [3.8, 4) is 0 Å². The number of halogens is 1. The molecule has 98 valence electrons. The first-order valence-electron chi connectivity index (χ1n) is 5.30. The second kappa shape index (κ2) is 6.70.